The molecule has 84 valence electrons. The Morgan fingerprint density at radius 1 is 1.47 bits per heavy atom. The lowest BCUT2D eigenvalue weighted by atomic mass is 10.2. The Hall–Kier alpha value is -0.800. The zero-order valence-electron chi connectivity index (χ0n) is 9.50. The molecule has 3 nitrogen and oxygen atoms in total. The molecule has 0 saturated heterocycles. The van der Waals surface area contributed by atoms with Crippen LogP contribution in [-0.2, 0) is 6.54 Å². The van der Waals surface area contributed by atoms with Crippen LogP contribution in [0.2, 0.25) is 5.02 Å². The molecule has 15 heavy (non-hydrogen) atoms. The van der Waals surface area contributed by atoms with Gasteiger partial charge in [-0.2, -0.15) is 0 Å². The normalized spacial score (nSPS) is 11.3. The third-order valence-corrected chi connectivity index (χ3v) is 2.38. The summed E-state index contributed by atoms with van der Waals surface area (Å²) in [7, 11) is 2.06. The minimum atomic E-state index is 0.521. The van der Waals surface area contributed by atoms with Crippen molar-refractivity contribution in [1.82, 2.24) is 9.88 Å². The molecule has 1 aromatic rings. The molecule has 1 rings (SSSR count). The Balaban J connectivity index is 2.67. The standard InChI is InChI=1S/C11H18ClN3/c1-8(2)6-15(3)7-10-9(12)4-5-11(13)14-10/h4-5,8H,6-7H2,1-3H3,(H2,13,14). The topological polar surface area (TPSA) is 42.2 Å². The lowest BCUT2D eigenvalue weighted by molar-refractivity contribution is 0.285. The summed E-state index contributed by atoms with van der Waals surface area (Å²) in [5.74, 6) is 1.15. The van der Waals surface area contributed by atoms with E-state index >= 15 is 0 Å². The van der Waals surface area contributed by atoms with Crippen LogP contribution in [0.1, 0.15) is 19.5 Å². The van der Waals surface area contributed by atoms with Gasteiger partial charge in [0.25, 0.3) is 0 Å². The van der Waals surface area contributed by atoms with Crippen LogP contribution in [0, 0.1) is 5.92 Å². The van der Waals surface area contributed by atoms with Gasteiger partial charge in [0.1, 0.15) is 5.82 Å². The van der Waals surface area contributed by atoms with Crippen molar-refractivity contribution in [1.29, 1.82) is 0 Å². The molecule has 0 aromatic carbocycles. The lowest BCUT2D eigenvalue weighted by Gasteiger charge is -2.19. The molecule has 0 unspecified atom stereocenters. The summed E-state index contributed by atoms with van der Waals surface area (Å²) >= 11 is 6.03. The Morgan fingerprint density at radius 3 is 2.73 bits per heavy atom. The summed E-state index contributed by atoms with van der Waals surface area (Å²) in [4.78, 5) is 6.42. The molecule has 0 atom stereocenters. The van der Waals surface area contributed by atoms with Crippen LogP contribution in [0.4, 0.5) is 5.82 Å². The van der Waals surface area contributed by atoms with Gasteiger partial charge in [-0.15, -0.1) is 0 Å². The van der Waals surface area contributed by atoms with Crippen molar-refractivity contribution in [3.05, 3.63) is 22.8 Å². The van der Waals surface area contributed by atoms with Crippen molar-refractivity contribution in [3.8, 4) is 0 Å². The minimum Gasteiger partial charge on any atom is -0.384 e. The van der Waals surface area contributed by atoms with E-state index in [0.717, 1.165) is 18.8 Å². The van der Waals surface area contributed by atoms with Gasteiger partial charge in [-0.05, 0) is 25.1 Å². The zero-order valence-corrected chi connectivity index (χ0v) is 10.3. The van der Waals surface area contributed by atoms with E-state index in [4.69, 9.17) is 17.3 Å². The van der Waals surface area contributed by atoms with Gasteiger partial charge in [0.05, 0.1) is 10.7 Å². The first-order chi connectivity index (χ1) is 6.99. The average molecular weight is 228 g/mol. The summed E-state index contributed by atoms with van der Waals surface area (Å²) in [6.45, 7) is 6.13. The van der Waals surface area contributed by atoms with Crippen LogP contribution >= 0.6 is 11.6 Å². The number of anilines is 1. The number of hydrogen-bond donors (Lipinski definition) is 1. The maximum Gasteiger partial charge on any atom is 0.123 e. The third kappa shape index (κ3) is 4.06. The largest absolute Gasteiger partial charge is 0.384 e. The van der Waals surface area contributed by atoms with E-state index < -0.39 is 0 Å². The molecule has 0 radical (unpaired) electrons. The van der Waals surface area contributed by atoms with Gasteiger partial charge in [0.2, 0.25) is 0 Å². The highest BCUT2D eigenvalue weighted by Gasteiger charge is 2.07. The number of nitrogen functional groups attached to an aromatic ring is 1. The Labute approximate surface area is 96.2 Å². The summed E-state index contributed by atoms with van der Waals surface area (Å²) in [5, 5.41) is 0.680. The number of pyridine rings is 1. The second kappa shape index (κ2) is 5.33. The molecule has 2 N–H and O–H groups in total. The highest BCUT2D eigenvalue weighted by atomic mass is 35.5. The number of nitrogens with zero attached hydrogens (tertiary/aromatic N) is 2. The quantitative estimate of drug-likeness (QED) is 0.859. The SMILES string of the molecule is CC(C)CN(C)Cc1nc(N)ccc1Cl. The fourth-order valence-electron chi connectivity index (χ4n) is 1.56. The zero-order chi connectivity index (χ0) is 11.4. The minimum absolute atomic E-state index is 0.521. The first kappa shape index (κ1) is 12.3. The highest BCUT2D eigenvalue weighted by molar-refractivity contribution is 6.31. The molecule has 0 bridgehead atoms. The van der Waals surface area contributed by atoms with Gasteiger partial charge in [0.15, 0.2) is 0 Å². The second-order valence-corrected chi connectivity index (χ2v) is 4.66. The molecule has 0 amide bonds. The molecule has 1 heterocycles. The van der Waals surface area contributed by atoms with Crippen molar-refractivity contribution in [2.75, 3.05) is 19.3 Å². The number of aromatic nitrogens is 1. The van der Waals surface area contributed by atoms with Crippen molar-refractivity contribution < 1.29 is 0 Å². The molecule has 0 aliphatic carbocycles. The van der Waals surface area contributed by atoms with Crippen molar-refractivity contribution in [2.24, 2.45) is 5.92 Å². The maximum atomic E-state index is 6.03. The number of halogens is 1. The first-order valence-electron chi connectivity index (χ1n) is 5.08. The maximum absolute atomic E-state index is 6.03. The van der Waals surface area contributed by atoms with Crippen LogP contribution in [0.25, 0.3) is 0 Å². The lowest BCUT2D eigenvalue weighted by Crippen LogP contribution is -2.23. The van der Waals surface area contributed by atoms with E-state index in [1.54, 1.807) is 12.1 Å². The Morgan fingerprint density at radius 2 is 2.13 bits per heavy atom. The predicted octanol–water partition coefficient (Wildman–Crippen LogP) is 2.41. The molecular formula is C11H18ClN3. The summed E-state index contributed by atoms with van der Waals surface area (Å²) < 4.78 is 0. The smallest absolute Gasteiger partial charge is 0.123 e. The number of hydrogen-bond acceptors (Lipinski definition) is 3. The van der Waals surface area contributed by atoms with Crippen LogP contribution in [0.5, 0.6) is 0 Å². The van der Waals surface area contributed by atoms with Crippen LogP contribution in [-0.4, -0.2) is 23.5 Å². The van der Waals surface area contributed by atoms with Gasteiger partial charge < -0.3 is 10.6 Å². The van der Waals surface area contributed by atoms with Crippen LogP contribution < -0.4 is 5.73 Å². The Bertz CT molecular complexity index is 326. The van der Waals surface area contributed by atoms with Crippen LogP contribution in [0.3, 0.4) is 0 Å². The fraction of sp³-hybridized carbons (Fsp3) is 0.545. The molecule has 0 aliphatic rings. The van der Waals surface area contributed by atoms with Gasteiger partial charge in [-0.25, -0.2) is 4.98 Å². The van der Waals surface area contributed by atoms with Crippen molar-refractivity contribution >= 4 is 17.4 Å². The highest BCUT2D eigenvalue weighted by Crippen LogP contribution is 2.16. The number of nitrogens with two attached hydrogens (primary N) is 1. The van der Waals surface area contributed by atoms with Gasteiger partial charge in [-0.3, -0.25) is 0 Å². The summed E-state index contributed by atoms with van der Waals surface area (Å²) in [6, 6.07) is 3.51. The van der Waals surface area contributed by atoms with Gasteiger partial charge in [-0.1, -0.05) is 25.4 Å². The fourth-order valence-corrected chi connectivity index (χ4v) is 1.72. The molecule has 0 aliphatic heterocycles. The van der Waals surface area contributed by atoms with E-state index in [-0.39, 0.29) is 0 Å². The third-order valence-electron chi connectivity index (χ3n) is 2.04. The first-order valence-corrected chi connectivity index (χ1v) is 5.46. The van der Waals surface area contributed by atoms with E-state index in [1.807, 2.05) is 0 Å². The van der Waals surface area contributed by atoms with Crippen molar-refractivity contribution in [3.63, 3.8) is 0 Å². The van der Waals surface area contributed by atoms with Gasteiger partial charge in [0, 0.05) is 13.1 Å². The summed E-state index contributed by atoms with van der Waals surface area (Å²) in [5.41, 5.74) is 6.46. The Kier molecular flexibility index (Phi) is 4.36. The van der Waals surface area contributed by atoms with E-state index in [1.165, 1.54) is 0 Å². The molecular weight excluding hydrogens is 210 g/mol. The molecule has 4 heteroatoms. The van der Waals surface area contributed by atoms with E-state index in [9.17, 15) is 0 Å². The average Bonchev–Trinajstić information content (AvgIpc) is 2.10. The van der Waals surface area contributed by atoms with Gasteiger partial charge >= 0.3 is 0 Å². The molecule has 0 saturated carbocycles. The van der Waals surface area contributed by atoms with E-state index in [0.29, 0.717) is 16.8 Å². The monoisotopic (exact) mass is 227 g/mol. The molecule has 0 fully saturated rings. The predicted molar refractivity (Wildman–Crippen MR) is 64.8 cm³/mol. The molecule has 1 aromatic heterocycles. The van der Waals surface area contributed by atoms with Crippen molar-refractivity contribution in [2.45, 2.75) is 20.4 Å². The van der Waals surface area contributed by atoms with E-state index in [2.05, 4.69) is 30.8 Å². The number of rotatable bonds is 4. The molecule has 0 spiro atoms. The van der Waals surface area contributed by atoms with Crippen LogP contribution in [0.15, 0.2) is 12.1 Å². The summed E-state index contributed by atoms with van der Waals surface area (Å²) in [6.07, 6.45) is 0. The second-order valence-electron chi connectivity index (χ2n) is 4.26.